The standard InChI is InChI=1S/C15H17F4N3O2/c16-11-5-1-2-6-12(11)20-14(24)21-13(23)9-22-7-3-4-10(8-22)15(17,18)19/h1-2,5-6,10H,3-4,7-9H2,(H2,20,21,23,24)/t10-/m1/s1. The molecule has 2 N–H and O–H groups in total. The Morgan fingerprint density at radius 2 is 1.96 bits per heavy atom. The molecule has 0 saturated carbocycles. The topological polar surface area (TPSA) is 61.4 Å². The summed E-state index contributed by atoms with van der Waals surface area (Å²) in [5, 5.41) is 4.14. The van der Waals surface area contributed by atoms with E-state index in [-0.39, 0.29) is 25.2 Å². The largest absolute Gasteiger partial charge is 0.393 e. The van der Waals surface area contributed by atoms with Crippen molar-refractivity contribution in [3.05, 3.63) is 30.1 Å². The van der Waals surface area contributed by atoms with Gasteiger partial charge in [-0.05, 0) is 31.5 Å². The van der Waals surface area contributed by atoms with Gasteiger partial charge in [-0.2, -0.15) is 13.2 Å². The Balaban J connectivity index is 1.82. The van der Waals surface area contributed by atoms with E-state index >= 15 is 0 Å². The summed E-state index contributed by atoms with van der Waals surface area (Å²) in [7, 11) is 0. The molecule has 0 aromatic heterocycles. The van der Waals surface area contributed by atoms with Gasteiger partial charge in [0.15, 0.2) is 0 Å². The van der Waals surface area contributed by atoms with Crippen molar-refractivity contribution in [2.45, 2.75) is 19.0 Å². The number of nitrogens with one attached hydrogen (secondary N) is 2. The van der Waals surface area contributed by atoms with Gasteiger partial charge < -0.3 is 5.32 Å². The smallest absolute Gasteiger partial charge is 0.305 e. The molecule has 1 atom stereocenters. The van der Waals surface area contributed by atoms with E-state index in [4.69, 9.17) is 0 Å². The quantitative estimate of drug-likeness (QED) is 0.827. The minimum Gasteiger partial charge on any atom is -0.305 e. The molecule has 0 unspecified atom stereocenters. The Morgan fingerprint density at radius 3 is 2.62 bits per heavy atom. The fourth-order valence-corrected chi connectivity index (χ4v) is 2.55. The van der Waals surface area contributed by atoms with Gasteiger partial charge >= 0.3 is 12.2 Å². The number of halogens is 4. The van der Waals surface area contributed by atoms with Crippen LogP contribution in [0, 0.1) is 11.7 Å². The number of hydrogen-bond acceptors (Lipinski definition) is 3. The normalized spacial score (nSPS) is 18.9. The minimum atomic E-state index is -4.29. The van der Waals surface area contributed by atoms with Crippen molar-refractivity contribution in [3.8, 4) is 0 Å². The first-order valence-corrected chi connectivity index (χ1v) is 7.40. The van der Waals surface area contributed by atoms with E-state index in [0.29, 0.717) is 13.0 Å². The summed E-state index contributed by atoms with van der Waals surface area (Å²) in [6.45, 7) is -0.238. The molecule has 0 aliphatic carbocycles. The third kappa shape index (κ3) is 5.19. The molecule has 1 aliphatic rings. The number of imide groups is 1. The molecule has 1 heterocycles. The van der Waals surface area contributed by atoms with Gasteiger partial charge in [0, 0.05) is 6.54 Å². The number of likely N-dealkylation sites (tertiary alicyclic amines) is 1. The van der Waals surface area contributed by atoms with Gasteiger partial charge in [0.05, 0.1) is 18.2 Å². The summed E-state index contributed by atoms with van der Waals surface area (Å²) < 4.78 is 51.5. The maximum Gasteiger partial charge on any atom is 0.393 e. The predicted molar refractivity (Wildman–Crippen MR) is 78.8 cm³/mol. The van der Waals surface area contributed by atoms with Gasteiger partial charge in [0.1, 0.15) is 5.82 Å². The maximum atomic E-state index is 13.4. The molecule has 1 aromatic carbocycles. The molecular formula is C15H17F4N3O2. The molecule has 3 amide bonds. The monoisotopic (exact) mass is 347 g/mol. The number of alkyl halides is 3. The van der Waals surface area contributed by atoms with E-state index in [0.717, 1.165) is 6.07 Å². The minimum absolute atomic E-state index is 0.0371. The molecule has 5 nitrogen and oxygen atoms in total. The molecule has 1 aromatic rings. The highest BCUT2D eigenvalue weighted by Crippen LogP contribution is 2.32. The number of benzene rings is 1. The molecule has 24 heavy (non-hydrogen) atoms. The lowest BCUT2D eigenvalue weighted by Gasteiger charge is -2.33. The van der Waals surface area contributed by atoms with Gasteiger partial charge in [-0.25, -0.2) is 9.18 Å². The Bertz CT molecular complexity index is 607. The molecule has 2 rings (SSSR count). The van der Waals surface area contributed by atoms with E-state index in [1.54, 1.807) is 0 Å². The second-order valence-electron chi connectivity index (χ2n) is 5.60. The highest BCUT2D eigenvalue weighted by molar-refractivity contribution is 6.01. The van der Waals surface area contributed by atoms with Gasteiger partial charge in [0.25, 0.3) is 0 Å². The van der Waals surface area contributed by atoms with Crippen molar-refractivity contribution in [3.63, 3.8) is 0 Å². The van der Waals surface area contributed by atoms with Crippen LogP contribution in [0.5, 0.6) is 0 Å². The summed E-state index contributed by atoms with van der Waals surface area (Å²) >= 11 is 0. The summed E-state index contributed by atoms with van der Waals surface area (Å²) in [4.78, 5) is 24.8. The third-order valence-corrected chi connectivity index (χ3v) is 3.71. The van der Waals surface area contributed by atoms with Crippen molar-refractivity contribution in [2.24, 2.45) is 5.92 Å². The summed E-state index contributed by atoms with van der Waals surface area (Å²) in [5.74, 6) is -2.87. The lowest BCUT2D eigenvalue weighted by Crippen LogP contribution is -2.47. The second kappa shape index (κ2) is 7.61. The lowest BCUT2D eigenvalue weighted by molar-refractivity contribution is -0.187. The Morgan fingerprint density at radius 1 is 1.25 bits per heavy atom. The summed E-state index contributed by atoms with van der Waals surface area (Å²) in [6.07, 6.45) is -3.92. The molecular weight excluding hydrogens is 330 g/mol. The summed E-state index contributed by atoms with van der Waals surface area (Å²) in [5.41, 5.74) is -0.0992. The predicted octanol–water partition coefficient (Wildman–Crippen LogP) is 2.75. The number of nitrogens with zero attached hydrogens (tertiary/aromatic N) is 1. The maximum absolute atomic E-state index is 13.4. The molecule has 1 saturated heterocycles. The molecule has 1 fully saturated rings. The summed E-state index contributed by atoms with van der Waals surface area (Å²) in [6, 6.07) is 4.47. The lowest BCUT2D eigenvalue weighted by atomic mass is 9.97. The van der Waals surface area contributed by atoms with Crippen LogP contribution in [-0.4, -0.2) is 42.6 Å². The number of carbonyl (C=O) groups is 2. The molecule has 0 spiro atoms. The molecule has 0 radical (unpaired) electrons. The van der Waals surface area contributed by atoms with Gasteiger partial charge in [-0.15, -0.1) is 0 Å². The van der Waals surface area contributed by atoms with Crippen molar-refractivity contribution in [1.29, 1.82) is 0 Å². The van der Waals surface area contributed by atoms with Gasteiger partial charge in [-0.3, -0.25) is 15.0 Å². The van der Waals surface area contributed by atoms with E-state index in [9.17, 15) is 27.2 Å². The molecule has 132 valence electrons. The van der Waals surface area contributed by atoms with Crippen LogP contribution in [0.4, 0.5) is 28.0 Å². The van der Waals surface area contributed by atoms with Crippen LogP contribution in [0.3, 0.4) is 0 Å². The fourth-order valence-electron chi connectivity index (χ4n) is 2.55. The number of rotatable bonds is 3. The van der Waals surface area contributed by atoms with E-state index in [2.05, 4.69) is 5.32 Å². The Kier molecular flexibility index (Phi) is 5.76. The zero-order chi connectivity index (χ0) is 17.7. The zero-order valence-corrected chi connectivity index (χ0v) is 12.7. The van der Waals surface area contributed by atoms with Crippen LogP contribution in [0.25, 0.3) is 0 Å². The number of piperidine rings is 1. The third-order valence-electron chi connectivity index (χ3n) is 3.71. The van der Waals surface area contributed by atoms with Crippen LogP contribution < -0.4 is 10.6 Å². The number of amides is 3. The van der Waals surface area contributed by atoms with Crippen LogP contribution in [-0.2, 0) is 4.79 Å². The van der Waals surface area contributed by atoms with Gasteiger partial charge in [0.2, 0.25) is 5.91 Å². The Hall–Kier alpha value is -2.16. The van der Waals surface area contributed by atoms with Crippen LogP contribution in [0.15, 0.2) is 24.3 Å². The number of urea groups is 1. The highest BCUT2D eigenvalue weighted by atomic mass is 19.4. The van der Waals surface area contributed by atoms with E-state index in [1.807, 2.05) is 5.32 Å². The average Bonchev–Trinajstić information content (AvgIpc) is 2.49. The highest BCUT2D eigenvalue weighted by Gasteiger charge is 2.41. The second-order valence-corrected chi connectivity index (χ2v) is 5.60. The average molecular weight is 347 g/mol. The Labute approximate surface area is 136 Å². The molecule has 0 bridgehead atoms. The SMILES string of the molecule is O=C(CN1CCC[C@@H](C(F)(F)F)C1)NC(=O)Nc1ccccc1F. The first kappa shape index (κ1) is 18.2. The zero-order valence-electron chi connectivity index (χ0n) is 12.7. The van der Waals surface area contributed by atoms with Crippen LogP contribution in [0.2, 0.25) is 0 Å². The van der Waals surface area contributed by atoms with Crippen molar-refractivity contribution < 1.29 is 27.2 Å². The van der Waals surface area contributed by atoms with Crippen molar-refractivity contribution >= 4 is 17.6 Å². The van der Waals surface area contributed by atoms with E-state index < -0.39 is 29.8 Å². The van der Waals surface area contributed by atoms with Gasteiger partial charge in [-0.1, -0.05) is 12.1 Å². The number of para-hydroxylation sites is 1. The van der Waals surface area contributed by atoms with E-state index in [1.165, 1.54) is 23.1 Å². The van der Waals surface area contributed by atoms with Crippen LogP contribution >= 0.6 is 0 Å². The van der Waals surface area contributed by atoms with Crippen molar-refractivity contribution in [1.82, 2.24) is 10.2 Å². The first-order chi connectivity index (χ1) is 11.3. The number of carbonyl (C=O) groups excluding carboxylic acids is 2. The van der Waals surface area contributed by atoms with Crippen molar-refractivity contribution in [2.75, 3.05) is 25.0 Å². The van der Waals surface area contributed by atoms with Crippen LogP contribution in [0.1, 0.15) is 12.8 Å². The first-order valence-electron chi connectivity index (χ1n) is 7.40. The number of hydrogen-bond donors (Lipinski definition) is 2. The molecule has 1 aliphatic heterocycles. The number of anilines is 1. The fraction of sp³-hybridized carbons (Fsp3) is 0.467. The molecule has 9 heteroatoms.